The average Bonchev–Trinajstić information content (AvgIpc) is 3.10. The van der Waals surface area contributed by atoms with Crippen LogP contribution in [0.4, 0.5) is 5.69 Å². The van der Waals surface area contributed by atoms with E-state index in [1.165, 1.54) is 0 Å². The predicted octanol–water partition coefficient (Wildman–Crippen LogP) is 3.58. The minimum atomic E-state index is -0.156. The number of ether oxygens (including phenoxy) is 1. The summed E-state index contributed by atoms with van der Waals surface area (Å²) in [5.74, 6) is 0.515. The summed E-state index contributed by atoms with van der Waals surface area (Å²) < 4.78 is 7.51. The van der Waals surface area contributed by atoms with Gasteiger partial charge in [0.15, 0.2) is 0 Å². The second kappa shape index (κ2) is 7.46. The van der Waals surface area contributed by atoms with Crippen LogP contribution < -0.4 is 10.1 Å². The number of para-hydroxylation sites is 2. The second-order valence-corrected chi connectivity index (χ2v) is 5.32. The monoisotopic (exact) mass is 321 g/mol. The summed E-state index contributed by atoms with van der Waals surface area (Å²) in [6.45, 7) is 3.20. The van der Waals surface area contributed by atoms with E-state index >= 15 is 0 Å². The smallest absolute Gasteiger partial charge is 0.255 e. The highest BCUT2D eigenvalue weighted by Gasteiger charge is 2.09. The minimum absolute atomic E-state index is 0.156. The summed E-state index contributed by atoms with van der Waals surface area (Å²) in [5, 5.41) is 2.90. The van der Waals surface area contributed by atoms with E-state index in [-0.39, 0.29) is 5.91 Å². The molecule has 0 spiro atoms. The van der Waals surface area contributed by atoms with Gasteiger partial charge in [-0.05, 0) is 36.8 Å². The molecular formula is C19H19N3O2. The molecule has 122 valence electrons. The molecule has 5 nitrogen and oxygen atoms in total. The lowest BCUT2D eigenvalue weighted by atomic mass is 10.1. The summed E-state index contributed by atoms with van der Waals surface area (Å²) in [5.41, 5.74) is 2.39. The van der Waals surface area contributed by atoms with E-state index in [2.05, 4.69) is 10.3 Å². The van der Waals surface area contributed by atoms with Gasteiger partial charge in [0.25, 0.3) is 5.91 Å². The maximum absolute atomic E-state index is 12.4. The van der Waals surface area contributed by atoms with Gasteiger partial charge < -0.3 is 14.6 Å². The quantitative estimate of drug-likeness (QED) is 0.755. The van der Waals surface area contributed by atoms with Crippen molar-refractivity contribution in [2.45, 2.75) is 13.5 Å². The Labute approximate surface area is 140 Å². The Bertz CT molecular complexity index is 796. The largest absolute Gasteiger partial charge is 0.492 e. The third kappa shape index (κ3) is 3.81. The van der Waals surface area contributed by atoms with Crippen LogP contribution in [0.3, 0.4) is 0 Å². The molecule has 1 heterocycles. The summed E-state index contributed by atoms with van der Waals surface area (Å²) >= 11 is 0. The number of nitrogens with one attached hydrogen (secondary N) is 1. The maximum atomic E-state index is 12.4. The number of nitrogens with zero attached hydrogens (tertiary/aromatic N) is 2. The zero-order chi connectivity index (χ0) is 16.8. The number of amides is 1. The van der Waals surface area contributed by atoms with Crippen LogP contribution in [0.5, 0.6) is 5.75 Å². The molecule has 1 aromatic heterocycles. The van der Waals surface area contributed by atoms with E-state index in [0.717, 1.165) is 12.1 Å². The highest BCUT2D eigenvalue weighted by molar-refractivity contribution is 6.05. The third-order valence-electron chi connectivity index (χ3n) is 3.58. The van der Waals surface area contributed by atoms with Crippen LogP contribution in [-0.4, -0.2) is 22.1 Å². The fraction of sp³-hybridized carbons (Fsp3) is 0.158. The zero-order valence-corrected chi connectivity index (χ0v) is 13.5. The van der Waals surface area contributed by atoms with Gasteiger partial charge in [0.2, 0.25) is 0 Å². The van der Waals surface area contributed by atoms with Crippen LogP contribution in [0, 0.1) is 0 Å². The molecule has 0 fully saturated rings. The van der Waals surface area contributed by atoms with Crippen LogP contribution in [0.15, 0.2) is 67.3 Å². The molecule has 0 saturated carbocycles. The Morgan fingerprint density at radius 3 is 2.67 bits per heavy atom. The standard InChI is InChI=1S/C19H19N3O2/c1-2-24-18-6-4-3-5-17(18)21-19(23)16-9-7-15(8-10-16)13-22-12-11-20-14-22/h3-12,14H,2,13H2,1H3,(H,21,23). The number of carbonyl (C=O) groups is 1. The summed E-state index contributed by atoms with van der Waals surface area (Å²) in [7, 11) is 0. The highest BCUT2D eigenvalue weighted by Crippen LogP contribution is 2.24. The first-order valence-electron chi connectivity index (χ1n) is 7.84. The number of carbonyl (C=O) groups excluding carboxylic acids is 1. The predicted molar refractivity (Wildman–Crippen MR) is 93.3 cm³/mol. The minimum Gasteiger partial charge on any atom is -0.492 e. The van der Waals surface area contributed by atoms with Crippen LogP contribution in [0.25, 0.3) is 0 Å². The number of benzene rings is 2. The maximum Gasteiger partial charge on any atom is 0.255 e. The number of hydrogen-bond donors (Lipinski definition) is 1. The van der Waals surface area contributed by atoms with Gasteiger partial charge in [0.05, 0.1) is 18.6 Å². The van der Waals surface area contributed by atoms with Crippen LogP contribution in [-0.2, 0) is 6.54 Å². The number of hydrogen-bond acceptors (Lipinski definition) is 3. The summed E-state index contributed by atoms with van der Waals surface area (Å²) in [6.07, 6.45) is 5.42. The van der Waals surface area contributed by atoms with Crippen molar-refractivity contribution in [2.75, 3.05) is 11.9 Å². The Hall–Kier alpha value is -3.08. The van der Waals surface area contributed by atoms with Gasteiger partial charge in [-0.1, -0.05) is 24.3 Å². The molecule has 0 aliphatic carbocycles. The molecule has 3 rings (SSSR count). The number of aromatic nitrogens is 2. The lowest BCUT2D eigenvalue weighted by molar-refractivity contribution is 0.102. The van der Waals surface area contributed by atoms with Crippen molar-refractivity contribution < 1.29 is 9.53 Å². The van der Waals surface area contributed by atoms with Gasteiger partial charge in [0, 0.05) is 24.5 Å². The van der Waals surface area contributed by atoms with Crippen LogP contribution in [0.2, 0.25) is 0 Å². The summed E-state index contributed by atoms with van der Waals surface area (Å²) in [6, 6.07) is 15.0. The second-order valence-electron chi connectivity index (χ2n) is 5.32. The molecule has 0 saturated heterocycles. The van der Waals surface area contributed by atoms with Crippen molar-refractivity contribution in [1.29, 1.82) is 0 Å². The molecule has 24 heavy (non-hydrogen) atoms. The number of imidazole rings is 1. The van der Waals surface area contributed by atoms with Crippen molar-refractivity contribution >= 4 is 11.6 Å². The Morgan fingerprint density at radius 1 is 1.17 bits per heavy atom. The lowest BCUT2D eigenvalue weighted by Gasteiger charge is -2.11. The van der Waals surface area contributed by atoms with Gasteiger partial charge in [-0.3, -0.25) is 4.79 Å². The molecule has 1 N–H and O–H groups in total. The molecule has 3 aromatic rings. The third-order valence-corrected chi connectivity index (χ3v) is 3.58. The van der Waals surface area contributed by atoms with E-state index in [9.17, 15) is 4.79 Å². The van der Waals surface area contributed by atoms with Crippen molar-refractivity contribution in [3.63, 3.8) is 0 Å². The molecule has 5 heteroatoms. The van der Waals surface area contributed by atoms with Gasteiger partial charge >= 0.3 is 0 Å². The fourth-order valence-electron chi connectivity index (χ4n) is 2.40. The van der Waals surface area contributed by atoms with Crippen molar-refractivity contribution in [2.24, 2.45) is 0 Å². The topological polar surface area (TPSA) is 56.1 Å². The van der Waals surface area contributed by atoms with Gasteiger partial charge in [-0.2, -0.15) is 0 Å². The first-order valence-corrected chi connectivity index (χ1v) is 7.84. The molecule has 1 amide bonds. The van der Waals surface area contributed by atoms with Crippen molar-refractivity contribution in [3.05, 3.63) is 78.4 Å². The van der Waals surface area contributed by atoms with Crippen molar-refractivity contribution in [3.8, 4) is 5.75 Å². The Balaban J connectivity index is 1.69. The lowest BCUT2D eigenvalue weighted by Crippen LogP contribution is -2.13. The molecule has 0 unspecified atom stereocenters. The Kier molecular flexibility index (Phi) is 4.91. The molecule has 0 aliphatic heterocycles. The van der Waals surface area contributed by atoms with Gasteiger partial charge in [-0.25, -0.2) is 4.98 Å². The number of rotatable bonds is 6. The first-order chi connectivity index (χ1) is 11.8. The van der Waals surface area contributed by atoms with E-state index in [1.54, 1.807) is 12.5 Å². The molecule has 0 atom stereocenters. The van der Waals surface area contributed by atoms with E-state index < -0.39 is 0 Å². The molecule has 2 aromatic carbocycles. The molecular weight excluding hydrogens is 302 g/mol. The van der Waals surface area contributed by atoms with Crippen LogP contribution in [0.1, 0.15) is 22.8 Å². The van der Waals surface area contributed by atoms with Crippen LogP contribution >= 0.6 is 0 Å². The van der Waals surface area contributed by atoms with Gasteiger partial charge in [-0.15, -0.1) is 0 Å². The van der Waals surface area contributed by atoms with Crippen molar-refractivity contribution in [1.82, 2.24) is 9.55 Å². The fourth-order valence-corrected chi connectivity index (χ4v) is 2.40. The molecule has 0 bridgehead atoms. The first kappa shape index (κ1) is 15.8. The SMILES string of the molecule is CCOc1ccccc1NC(=O)c1ccc(Cn2ccnc2)cc1. The van der Waals surface area contributed by atoms with E-state index in [4.69, 9.17) is 4.74 Å². The van der Waals surface area contributed by atoms with E-state index in [0.29, 0.717) is 23.6 Å². The number of anilines is 1. The molecule has 0 radical (unpaired) electrons. The zero-order valence-electron chi connectivity index (χ0n) is 13.5. The van der Waals surface area contributed by atoms with E-state index in [1.807, 2.05) is 66.2 Å². The molecule has 0 aliphatic rings. The normalized spacial score (nSPS) is 10.4. The Morgan fingerprint density at radius 2 is 1.96 bits per heavy atom. The van der Waals surface area contributed by atoms with Gasteiger partial charge in [0.1, 0.15) is 5.75 Å². The highest BCUT2D eigenvalue weighted by atomic mass is 16.5. The summed E-state index contributed by atoms with van der Waals surface area (Å²) in [4.78, 5) is 16.4. The average molecular weight is 321 g/mol.